The Hall–Kier alpha value is -3.21. The fourth-order valence-electron chi connectivity index (χ4n) is 2.95. The molecule has 2 aromatic carbocycles. The second kappa shape index (κ2) is 7.35. The number of benzene rings is 2. The molecule has 5 nitrogen and oxygen atoms in total. The van der Waals surface area contributed by atoms with Gasteiger partial charge >= 0.3 is 0 Å². The third-order valence-corrected chi connectivity index (χ3v) is 4.40. The Morgan fingerprint density at radius 1 is 1.08 bits per heavy atom. The highest BCUT2D eigenvalue weighted by molar-refractivity contribution is 6.09. The molecule has 0 spiro atoms. The van der Waals surface area contributed by atoms with E-state index in [9.17, 15) is 4.79 Å². The summed E-state index contributed by atoms with van der Waals surface area (Å²) in [7, 11) is 3.23. The van der Waals surface area contributed by atoms with E-state index in [1.807, 2.05) is 24.4 Å². The van der Waals surface area contributed by atoms with Gasteiger partial charge in [-0.1, -0.05) is 0 Å². The first kappa shape index (κ1) is 17.6. The highest BCUT2D eigenvalue weighted by Gasteiger charge is 2.12. The van der Waals surface area contributed by atoms with E-state index >= 15 is 0 Å². The average Bonchev–Trinajstić information content (AvgIpc) is 3.05. The number of hydrogen-bond donors (Lipinski definition) is 1. The van der Waals surface area contributed by atoms with Crippen LogP contribution in [0.5, 0.6) is 11.5 Å². The molecule has 0 radical (unpaired) electrons. The van der Waals surface area contributed by atoms with E-state index in [-0.39, 0.29) is 5.78 Å². The summed E-state index contributed by atoms with van der Waals surface area (Å²) >= 11 is 0. The van der Waals surface area contributed by atoms with Crippen LogP contribution in [0.25, 0.3) is 16.6 Å². The van der Waals surface area contributed by atoms with Crippen LogP contribution in [-0.4, -0.2) is 24.6 Å². The molecule has 26 heavy (non-hydrogen) atoms. The number of hydrogen-bond acceptors (Lipinski definition) is 4. The molecule has 2 N–H and O–H groups in total. The first-order valence-corrected chi connectivity index (χ1v) is 8.40. The van der Waals surface area contributed by atoms with Gasteiger partial charge in [-0.15, -0.1) is 0 Å². The van der Waals surface area contributed by atoms with Crippen LogP contribution in [0.1, 0.15) is 22.8 Å². The molecule has 0 unspecified atom stereocenters. The Morgan fingerprint density at radius 3 is 2.35 bits per heavy atom. The topological polar surface area (TPSA) is 66.5 Å². The minimum absolute atomic E-state index is 0.143. The van der Waals surface area contributed by atoms with Gasteiger partial charge in [-0.2, -0.15) is 0 Å². The standard InChI is InChI=1S/C21H22N2O3/c1-4-23-13-18(17-10-9-16(26-3)11-20(17)23)19(22)12-21(24)14-5-7-15(25-2)8-6-14/h5-13H,4,22H2,1-3H3. The van der Waals surface area contributed by atoms with Crippen LogP contribution in [0.2, 0.25) is 0 Å². The van der Waals surface area contributed by atoms with E-state index in [0.29, 0.717) is 17.0 Å². The van der Waals surface area contributed by atoms with Crippen LogP contribution < -0.4 is 15.2 Å². The van der Waals surface area contributed by atoms with Gasteiger partial charge in [0.25, 0.3) is 0 Å². The first-order valence-electron chi connectivity index (χ1n) is 8.40. The van der Waals surface area contributed by atoms with Crippen molar-refractivity contribution in [3.63, 3.8) is 0 Å². The van der Waals surface area contributed by atoms with Gasteiger partial charge < -0.3 is 19.8 Å². The summed E-state index contributed by atoms with van der Waals surface area (Å²) in [6.45, 7) is 2.86. The number of rotatable bonds is 6. The van der Waals surface area contributed by atoms with Crippen LogP contribution in [0.3, 0.4) is 0 Å². The van der Waals surface area contributed by atoms with Gasteiger partial charge in [0.1, 0.15) is 11.5 Å². The largest absolute Gasteiger partial charge is 0.497 e. The molecule has 1 heterocycles. The highest BCUT2D eigenvalue weighted by atomic mass is 16.5. The Labute approximate surface area is 152 Å². The lowest BCUT2D eigenvalue weighted by Gasteiger charge is -2.04. The lowest BCUT2D eigenvalue weighted by atomic mass is 10.1. The van der Waals surface area contributed by atoms with Crippen molar-refractivity contribution >= 4 is 22.4 Å². The second-order valence-electron chi connectivity index (χ2n) is 5.90. The zero-order chi connectivity index (χ0) is 18.7. The second-order valence-corrected chi connectivity index (χ2v) is 5.90. The van der Waals surface area contributed by atoms with Gasteiger partial charge in [0.05, 0.1) is 19.7 Å². The van der Waals surface area contributed by atoms with E-state index in [1.54, 1.807) is 38.5 Å². The molecular weight excluding hydrogens is 328 g/mol. The lowest BCUT2D eigenvalue weighted by Crippen LogP contribution is -2.02. The number of nitrogens with two attached hydrogens (primary N) is 1. The molecule has 5 heteroatoms. The lowest BCUT2D eigenvalue weighted by molar-refractivity contribution is 0.104. The van der Waals surface area contributed by atoms with Crippen molar-refractivity contribution in [1.29, 1.82) is 0 Å². The zero-order valence-corrected chi connectivity index (χ0v) is 15.2. The van der Waals surface area contributed by atoms with Gasteiger partial charge in [0, 0.05) is 47.1 Å². The van der Waals surface area contributed by atoms with Gasteiger partial charge in [-0.3, -0.25) is 4.79 Å². The van der Waals surface area contributed by atoms with E-state index < -0.39 is 0 Å². The van der Waals surface area contributed by atoms with Crippen LogP contribution in [0.15, 0.2) is 54.7 Å². The molecule has 0 aliphatic carbocycles. The van der Waals surface area contributed by atoms with Crippen molar-refractivity contribution in [3.05, 3.63) is 65.9 Å². The summed E-state index contributed by atoms with van der Waals surface area (Å²) < 4.78 is 12.5. The van der Waals surface area contributed by atoms with E-state index in [1.165, 1.54) is 6.08 Å². The number of carbonyl (C=O) groups is 1. The third kappa shape index (κ3) is 3.28. The Bertz CT molecular complexity index is 969. The summed E-state index contributed by atoms with van der Waals surface area (Å²) in [5.41, 5.74) is 9.13. The molecule has 0 aliphatic rings. The minimum atomic E-state index is -0.143. The van der Waals surface area contributed by atoms with Gasteiger partial charge in [-0.25, -0.2) is 0 Å². The van der Waals surface area contributed by atoms with Crippen LogP contribution >= 0.6 is 0 Å². The summed E-state index contributed by atoms with van der Waals surface area (Å²) in [4.78, 5) is 12.5. The van der Waals surface area contributed by atoms with Crippen LogP contribution in [-0.2, 0) is 6.54 Å². The zero-order valence-electron chi connectivity index (χ0n) is 15.2. The molecular formula is C21H22N2O3. The maximum absolute atomic E-state index is 12.5. The number of fused-ring (bicyclic) bond motifs is 1. The normalized spacial score (nSPS) is 11.6. The van der Waals surface area contributed by atoms with Crippen molar-refractivity contribution < 1.29 is 14.3 Å². The molecule has 0 fully saturated rings. The molecule has 0 bridgehead atoms. The van der Waals surface area contributed by atoms with E-state index in [4.69, 9.17) is 15.2 Å². The average molecular weight is 350 g/mol. The fourth-order valence-corrected chi connectivity index (χ4v) is 2.95. The van der Waals surface area contributed by atoms with Crippen molar-refractivity contribution in [2.75, 3.05) is 14.2 Å². The first-order chi connectivity index (χ1) is 12.6. The number of aryl methyl sites for hydroxylation is 1. The summed E-state index contributed by atoms with van der Waals surface area (Å²) in [5, 5.41) is 0.990. The molecule has 0 atom stereocenters. The minimum Gasteiger partial charge on any atom is -0.497 e. The number of methoxy groups -OCH3 is 2. The maximum atomic E-state index is 12.5. The summed E-state index contributed by atoms with van der Waals surface area (Å²) in [5.74, 6) is 1.35. The van der Waals surface area contributed by atoms with Crippen molar-refractivity contribution in [2.24, 2.45) is 5.73 Å². The van der Waals surface area contributed by atoms with Crippen LogP contribution in [0, 0.1) is 0 Å². The Kier molecular flexibility index (Phi) is 4.98. The molecule has 3 rings (SSSR count). The van der Waals surface area contributed by atoms with Crippen molar-refractivity contribution in [2.45, 2.75) is 13.5 Å². The van der Waals surface area contributed by atoms with Crippen molar-refractivity contribution in [1.82, 2.24) is 4.57 Å². The molecule has 1 aromatic heterocycles. The predicted molar refractivity (Wildman–Crippen MR) is 104 cm³/mol. The highest BCUT2D eigenvalue weighted by Crippen LogP contribution is 2.29. The smallest absolute Gasteiger partial charge is 0.187 e. The molecule has 0 saturated heterocycles. The molecule has 0 amide bonds. The van der Waals surface area contributed by atoms with E-state index in [0.717, 1.165) is 28.8 Å². The van der Waals surface area contributed by atoms with Gasteiger partial charge in [0.2, 0.25) is 0 Å². The molecule has 0 aliphatic heterocycles. The van der Waals surface area contributed by atoms with Gasteiger partial charge in [0.15, 0.2) is 5.78 Å². The van der Waals surface area contributed by atoms with Crippen LogP contribution in [0.4, 0.5) is 0 Å². The molecule has 0 saturated carbocycles. The Balaban J connectivity index is 1.99. The Morgan fingerprint density at radius 2 is 1.73 bits per heavy atom. The third-order valence-electron chi connectivity index (χ3n) is 4.40. The number of carbonyl (C=O) groups excluding carboxylic acids is 1. The fraction of sp³-hybridized carbons (Fsp3) is 0.190. The summed E-state index contributed by atoms with van der Waals surface area (Å²) in [6, 6.07) is 12.8. The molecule has 3 aromatic rings. The van der Waals surface area contributed by atoms with Crippen molar-refractivity contribution in [3.8, 4) is 11.5 Å². The quantitative estimate of drug-likeness (QED) is 0.541. The van der Waals surface area contributed by atoms with Gasteiger partial charge in [-0.05, 0) is 43.3 Å². The maximum Gasteiger partial charge on any atom is 0.187 e. The number of allylic oxidation sites excluding steroid dienone is 1. The summed E-state index contributed by atoms with van der Waals surface area (Å²) in [6.07, 6.45) is 3.44. The number of aromatic nitrogens is 1. The predicted octanol–water partition coefficient (Wildman–Crippen LogP) is 3.86. The monoisotopic (exact) mass is 350 g/mol. The molecule has 134 valence electrons. The van der Waals surface area contributed by atoms with E-state index in [2.05, 4.69) is 11.5 Å². The number of nitrogens with zero attached hydrogens (tertiary/aromatic N) is 1. The number of ketones is 1. The SMILES string of the molecule is CCn1cc(C(N)=CC(=O)c2ccc(OC)cc2)c2ccc(OC)cc21. The number of ether oxygens (including phenoxy) is 2.